The van der Waals surface area contributed by atoms with Crippen LogP contribution in [0.4, 0.5) is 0 Å². The molecule has 1 aliphatic heterocycles. The number of rotatable bonds is 6. The van der Waals surface area contributed by atoms with Gasteiger partial charge in [-0.2, -0.15) is 0 Å². The topological polar surface area (TPSA) is 89.2 Å². The van der Waals surface area contributed by atoms with Gasteiger partial charge in [-0.3, -0.25) is 9.69 Å². The average Bonchev–Trinajstić information content (AvgIpc) is 2.27. The van der Waals surface area contributed by atoms with E-state index in [9.17, 15) is 4.79 Å². The van der Waals surface area contributed by atoms with E-state index in [0.717, 1.165) is 13.1 Å². The van der Waals surface area contributed by atoms with Crippen molar-refractivity contribution in [1.82, 2.24) is 10.2 Å². The molecular formula is C12H24N4O3. The Morgan fingerprint density at radius 3 is 2.95 bits per heavy atom. The third kappa shape index (κ3) is 6.40. The Hall–Kier alpha value is -1.34. The lowest BCUT2D eigenvalue weighted by atomic mass is 10.1. The predicted octanol–water partition coefficient (Wildman–Crippen LogP) is -0.478. The van der Waals surface area contributed by atoms with Gasteiger partial charge in [0.2, 0.25) is 0 Å². The van der Waals surface area contributed by atoms with Gasteiger partial charge >= 0.3 is 0 Å². The molecule has 3 N–H and O–H groups in total. The fourth-order valence-corrected chi connectivity index (χ4v) is 1.93. The van der Waals surface area contributed by atoms with Crippen LogP contribution in [0.15, 0.2) is 5.16 Å². The van der Waals surface area contributed by atoms with E-state index in [1.54, 1.807) is 0 Å². The minimum absolute atomic E-state index is 0.108. The van der Waals surface area contributed by atoms with Crippen LogP contribution in [0.25, 0.3) is 0 Å². The molecule has 0 spiro atoms. The van der Waals surface area contributed by atoms with E-state index < -0.39 is 0 Å². The van der Waals surface area contributed by atoms with Gasteiger partial charge in [0, 0.05) is 19.6 Å². The summed E-state index contributed by atoms with van der Waals surface area (Å²) in [6.07, 6.45) is 0. The van der Waals surface area contributed by atoms with E-state index in [0.29, 0.717) is 25.5 Å². The number of morpholine rings is 1. The van der Waals surface area contributed by atoms with Crippen LogP contribution in [0.1, 0.15) is 20.8 Å². The third-order valence-electron chi connectivity index (χ3n) is 2.64. The molecule has 1 rings (SSSR count). The van der Waals surface area contributed by atoms with E-state index in [2.05, 4.69) is 15.4 Å². The van der Waals surface area contributed by atoms with Crippen molar-refractivity contribution in [2.24, 2.45) is 10.9 Å². The van der Waals surface area contributed by atoms with Crippen LogP contribution in [-0.4, -0.2) is 61.6 Å². The molecule has 0 bridgehead atoms. The number of nitrogens with one attached hydrogen (secondary N) is 1. The van der Waals surface area contributed by atoms with Crippen molar-refractivity contribution < 1.29 is 14.4 Å². The van der Waals surface area contributed by atoms with Gasteiger partial charge in [0.1, 0.15) is 0 Å². The molecular weight excluding hydrogens is 248 g/mol. The van der Waals surface area contributed by atoms with Gasteiger partial charge in [-0.05, 0) is 20.8 Å². The van der Waals surface area contributed by atoms with Crippen molar-refractivity contribution >= 4 is 11.7 Å². The van der Waals surface area contributed by atoms with Crippen molar-refractivity contribution in [3.63, 3.8) is 0 Å². The molecule has 1 saturated heterocycles. The molecule has 1 fully saturated rings. The first kappa shape index (κ1) is 15.7. The number of oxime groups is 1. The molecule has 1 heterocycles. The van der Waals surface area contributed by atoms with Gasteiger partial charge < -0.3 is 20.6 Å². The van der Waals surface area contributed by atoms with Crippen molar-refractivity contribution in [3.05, 3.63) is 0 Å². The predicted molar refractivity (Wildman–Crippen MR) is 72.7 cm³/mol. The van der Waals surface area contributed by atoms with Gasteiger partial charge in [-0.25, -0.2) is 0 Å². The Bertz CT molecular complexity index is 331. The molecule has 110 valence electrons. The number of ether oxygens (including phenoxy) is 1. The highest BCUT2D eigenvalue weighted by molar-refractivity contribution is 5.82. The zero-order valence-corrected chi connectivity index (χ0v) is 11.9. The second-order valence-corrected chi connectivity index (χ2v) is 5.13. The zero-order chi connectivity index (χ0) is 14.3. The second kappa shape index (κ2) is 7.30. The summed E-state index contributed by atoms with van der Waals surface area (Å²) in [6, 6.07) is 0. The second-order valence-electron chi connectivity index (χ2n) is 5.13. The number of carbonyl (C=O) groups excluding carboxylic acids is 1. The van der Waals surface area contributed by atoms with E-state index in [1.165, 1.54) is 0 Å². The minimum Gasteiger partial charge on any atom is -0.384 e. The van der Waals surface area contributed by atoms with Gasteiger partial charge in [0.05, 0.1) is 18.8 Å². The number of carbonyl (C=O) groups is 1. The highest BCUT2D eigenvalue weighted by atomic mass is 16.6. The summed E-state index contributed by atoms with van der Waals surface area (Å²) in [7, 11) is 0. The van der Waals surface area contributed by atoms with Crippen molar-refractivity contribution in [1.29, 1.82) is 0 Å². The Labute approximate surface area is 114 Å². The monoisotopic (exact) mass is 272 g/mol. The highest BCUT2D eigenvalue weighted by Gasteiger charge is 2.27. The minimum atomic E-state index is -0.202. The van der Waals surface area contributed by atoms with Crippen molar-refractivity contribution in [2.45, 2.75) is 26.4 Å². The largest absolute Gasteiger partial charge is 0.384 e. The van der Waals surface area contributed by atoms with Gasteiger partial charge in [-0.15, -0.1) is 0 Å². The first-order chi connectivity index (χ1) is 8.93. The lowest BCUT2D eigenvalue weighted by Gasteiger charge is -2.37. The summed E-state index contributed by atoms with van der Waals surface area (Å²) >= 11 is 0. The summed E-state index contributed by atoms with van der Waals surface area (Å²) in [5.74, 6) is 0.161. The molecule has 0 atom stereocenters. The Kier molecular flexibility index (Phi) is 6.04. The molecule has 19 heavy (non-hydrogen) atoms. The van der Waals surface area contributed by atoms with E-state index >= 15 is 0 Å². The maximum absolute atomic E-state index is 11.1. The molecule has 1 amide bonds. The molecule has 0 saturated carbocycles. The fraction of sp³-hybridized carbons (Fsp3) is 0.833. The van der Waals surface area contributed by atoms with Crippen LogP contribution >= 0.6 is 0 Å². The number of hydrogen-bond acceptors (Lipinski definition) is 5. The molecule has 0 unspecified atom stereocenters. The first-order valence-corrected chi connectivity index (χ1v) is 6.50. The van der Waals surface area contributed by atoms with E-state index in [-0.39, 0.29) is 18.1 Å². The van der Waals surface area contributed by atoms with Crippen LogP contribution in [0.2, 0.25) is 0 Å². The van der Waals surface area contributed by atoms with Crippen LogP contribution in [0.5, 0.6) is 0 Å². The highest BCUT2D eigenvalue weighted by Crippen LogP contribution is 2.15. The lowest BCUT2D eigenvalue weighted by molar-refractivity contribution is -0.125. The lowest BCUT2D eigenvalue weighted by Crippen LogP contribution is -2.50. The molecule has 0 aromatic carbocycles. The van der Waals surface area contributed by atoms with Gasteiger partial charge in [-0.1, -0.05) is 5.16 Å². The molecule has 7 heteroatoms. The van der Waals surface area contributed by atoms with Crippen molar-refractivity contribution in [3.8, 4) is 0 Å². The number of hydrogen-bond donors (Lipinski definition) is 2. The summed E-state index contributed by atoms with van der Waals surface area (Å²) in [6.45, 7) is 9.19. The van der Waals surface area contributed by atoms with Crippen LogP contribution in [0, 0.1) is 0 Å². The molecule has 0 radical (unpaired) electrons. The van der Waals surface area contributed by atoms with Gasteiger partial charge in [0.15, 0.2) is 12.4 Å². The molecule has 0 aromatic rings. The summed E-state index contributed by atoms with van der Waals surface area (Å²) < 4.78 is 5.61. The molecule has 0 aromatic heterocycles. The SMILES string of the molecule is CCNC(=O)CO/N=C(/N)CN1CCOC(C)(C)C1. The molecule has 7 nitrogen and oxygen atoms in total. The number of amides is 1. The zero-order valence-electron chi connectivity index (χ0n) is 11.9. The maximum atomic E-state index is 11.1. The van der Waals surface area contributed by atoms with Crippen LogP contribution < -0.4 is 11.1 Å². The number of nitrogens with zero attached hydrogens (tertiary/aromatic N) is 2. The third-order valence-corrected chi connectivity index (χ3v) is 2.64. The molecule has 1 aliphatic rings. The first-order valence-electron chi connectivity index (χ1n) is 6.50. The van der Waals surface area contributed by atoms with E-state index in [4.69, 9.17) is 15.3 Å². The Morgan fingerprint density at radius 2 is 2.32 bits per heavy atom. The fourth-order valence-electron chi connectivity index (χ4n) is 1.93. The standard InChI is InChI=1S/C12H24N4O3/c1-4-14-11(17)8-19-15-10(13)7-16-5-6-18-12(2,3)9-16/h4-9H2,1-3H3,(H2,13,15)(H,14,17). The van der Waals surface area contributed by atoms with Crippen LogP contribution in [0.3, 0.4) is 0 Å². The van der Waals surface area contributed by atoms with E-state index in [1.807, 2.05) is 20.8 Å². The maximum Gasteiger partial charge on any atom is 0.260 e. The smallest absolute Gasteiger partial charge is 0.260 e. The van der Waals surface area contributed by atoms with Crippen molar-refractivity contribution in [2.75, 3.05) is 39.4 Å². The Morgan fingerprint density at radius 1 is 1.58 bits per heavy atom. The van der Waals surface area contributed by atoms with Gasteiger partial charge in [0.25, 0.3) is 5.91 Å². The van der Waals surface area contributed by atoms with Crippen LogP contribution in [-0.2, 0) is 14.4 Å². The number of nitrogens with two attached hydrogens (primary N) is 1. The number of amidine groups is 1. The summed E-state index contributed by atoms with van der Waals surface area (Å²) in [4.78, 5) is 18.2. The summed E-state index contributed by atoms with van der Waals surface area (Å²) in [5.41, 5.74) is 5.60. The quantitative estimate of drug-likeness (QED) is 0.387. The Balaban J connectivity index is 2.29. The normalized spacial score (nSPS) is 20.1. The summed E-state index contributed by atoms with van der Waals surface area (Å²) in [5, 5.41) is 6.35. The number of likely N-dealkylation sites (N-methyl/N-ethyl adjacent to an activating group) is 1. The average molecular weight is 272 g/mol. The molecule has 0 aliphatic carbocycles.